The zero-order valence-electron chi connectivity index (χ0n) is 5.72. The lowest BCUT2D eigenvalue weighted by molar-refractivity contribution is 0.499. The second-order valence-corrected chi connectivity index (χ2v) is 2.75. The van der Waals surface area contributed by atoms with Crippen LogP contribution in [0.3, 0.4) is 0 Å². The minimum Gasteiger partial charge on any atom is -0.760 e. The van der Waals surface area contributed by atoms with Crippen molar-refractivity contribution in [2.24, 2.45) is 0 Å². The highest BCUT2D eigenvalue weighted by Gasteiger charge is 1.96. The summed E-state index contributed by atoms with van der Waals surface area (Å²) in [5.41, 5.74) is 0. The number of hydrogen-bond donors (Lipinski definition) is 1. The predicted octanol–water partition coefficient (Wildman–Crippen LogP) is 0.559. The summed E-state index contributed by atoms with van der Waals surface area (Å²) in [5.74, 6) is 0. The molecule has 0 spiro atoms. The molecule has 9 heavy (non-hydrogen) atoms. The van der Waals surface area contributed by atoms with E-state index in [1.165, 1.54) is 0 Å². The molecule has 0 fully saturated rings. The molecular formula is C5H12NO2S-. The van der Waals surface area contributed by atoms with Crippen molar-refractivity contribution in [3.05, 3.63) is 0 Å². The van der Waals surface area contributed by atoms with Gasteiger partial charge in [-0.15, -0.1) is 0 Å². The Bertz CT molecular complexity index is 97.0. The van der Waals surface area contributed by atoms with Crippen molar-refractivity contribution in [2.75, 3.05) is 0 Å². The zero-order valence-corrected chi connectivity index (χ0v) is 6.53. The van der Waals surface area contributed by atoms with E-state index in [9.17, 15) is 8.76 Å². The first-order chi connectivity index (χ1) is 4.16. The van der Waals surface area contributed by atoms with Gasteiger partial charge in [-0.05, 0) is 13.3 Å². The minimum atomic E-state index is -2.10. The lowest BCUT2D eigenvalue weighted by Crippen LogP contribution is -2.27. The zero-order chi connectivity index (χ0) is 7.28. The fourth-order valence-electron chi connectivity index (χ4n) is 0.656. The van der Waals surface area contributed by atoms with Gasteiger partial charge >= 0.3 is 0 Å². The molecule has 0 radical (unpaired) electrons. The van der Waals surface area contributed by atoms with Gasteiger partial charge in [0.1, 0.15) is 0 Å². The maximum absolute atomic E-state index is 9.97. The Balaban J connectivity index is 3.26. The van der Waals surface area contributed by atoms with Crippen molar-refractivity contribution >= 4 is 11.3 Å². The highest BCUT2D eigenvalue weighted by Crippen LogP contribution is 1.93. The van der Waals surface area contributed by atoms with Crippen molar-refractivity contribution in [1.29, 1.82) is 0 Å². The van der Waals surface area contributed by atoms with E-state index < -0.39 is 11.3 Å². The SMILES string of the molecule is CCCC(C)NS(=O)[O-]. The Kier molecular flexibility index (Phi) is 4.94. The minimum absolute atomic E-state index is 0.0772. The molecule has 0 aromatic rings. The van der Waals surface area contributed by atoms with E-state index in [0.29, 0.717) is 0 Å². The molecule has 0 amide bonds. The fourth-order valence-corrected chi connectivity index (χ4v) is 1.10. The first-order valence-electron chi connectivity index (χ1n) is 3.02. The normalized spacial score (nSPS) is 17.2. The summed E-state index contributed by atoms with van der Waals surface area (Å²) < 4.78 is 22.3. The van der Waals surface area contributed by atoms with Gasteiger partial charge in [0.2, 0.25) is 0 Å². The van der Waals surface area contributed by atoms with Gasteiger partial charge in [-0.3, -0.25) is 4.21 Å². The Morgan fingerprint density at radius 2 is 2.33 bits per heavy atom. The van der Waals surface area contributed by atoms with Crippen LogP contribution in [0.2, 0.25) is 0 Å². The number of hydrogen-bond acceptors (Lipinski definition) is 2. The van der Waals surface area contributed by atoms with E-state index in [-0.39, 0.29) is 6.04 Å². The summed E-state index contributed by atoms with van der Waals surface area (Å²) >= 11 is -2.10. The summed E-state index contributed by atoms with van der Waals surface area (Å²) in [6, 6.07) is 0.0772. The molecule has 2 atom stereocenters. The monoisotopic (exact) mass is 150 g/mol. The molecule has 0 saturated heterocycles. The number of rotatable bonds is 4. The van der Waals surface area contributed by atoms with Crippen LogP contribution < -0.4 is 4.72 Å². The third kappa shape index (κ3) is 5.95. The largest absolute Gasteiger partial charge is 0.760 e. The molecule has 2 unspecified atom stereocenters. The van der Waals surface area contributed by atoms with Crippen molar-refractivity contribution in [3.63, 3.8) is 0 Å². The second-order valence-electron chi connectivity index (χ2n) is 2.04. The van der Waals surface area contributed by atoms with Crippen LogP contribution in [-0.4, -0.2) is 14.8 Å². The lowest BCUT2D eigenvalue weighted by Gasteiger charge is -2.13. The van der Waals surface area contributed by atoms with E-state index in [1.54, 1.807) is 0 Å². The van der Waals surface area contributed by atoms with Gasteiger partial charge in [-0.25, -0.2) is 4.72 Å². The number of nitrogens with one attached hydrogen (secondary N) is 1. The third-order valence-corrected chi connectivity index (χ3v) is 1.61. The lowest BCUT2D eigenvalue weighted by atomic mass is 10.2. The molecule has 0 saturated carbocycles. The average molecular weight is 150 g/mol. The summed E-state index contributed by atoms with van der Waals surface area (Å²) in [6.07, 6.45) is 1.90. The van der Waals surface area contributed by atoms with E-state index >= 15 is 0 Å². The predicted molar refractivity (Wildman–Crippen MR) is 36.4 cm³/mol. The molecule has 0 rings (SSSR count). The van der Waals surface area contributed by atoms with Crippen molar-refractivity contribution in [3.8, 4) is 0 Å². The van der Waals surface area contributed by atoms with Gasteiger partial charge in [0.15, 0.2) is 0 Å². The van der Waals surface area contributed by atoms with Gasteiger partial charge in [0.05, 0.1) is 0 Å². The van der Waals surface area contributed by atoms with Crippen molar-refractivity contribution in [1.82, 2.24) is 4.72 Å². The summed E-state index contributed by atoms with van der Waals surface area (Å²) in [5, 5.41) is 0. The van der Waals surface area contributed by atoms with Gasteiger partial charge in [0.25, 0.3) is 0 Å². The van der Waals surface area contributed by atoms with Crippen LogP contribution in [0.5, 0.6) is 0 Å². The molecule has 0 aliphatic carbocycles. The average Bonchev–Trinajstić information content (AvgIpc) is 1.63. The van der Waals surface area contributed by atoms with Gasteiger partial charge in [-0.1, -0.05) is 13.3 Å². The molecule has 0 aliphatic rings. The Labute approximate surface area is 58.3 Å². The maximum Gasteiger partial charge on any atom is 0.0183 e. The summed E-state index contributed by atoms with van der Waals surface area (Å²) in [4.78, 5) is 0. The first-order valence-corrected chi connectivity index (χ1v) is 4.09. The molecule has 1 N–H and O–H groups in total. The van der Waals surface area contributed by atoms with Crippen LogP contribution in [0.25, 0.3) is 0 Å². The molecule has 56 valence electrons. The third-order valence-electron chi connectivity index (χ3n) is 1.02. The second kappa shape index (κ2) is 4.90. The fraction of sp³-hybridized carbons (Fsp3) is 1.00. The van der Waals surface area contributed by atoms with Crippen LogP contribution in [-0.2, 0) is 11.3 Å². The van der Waals surface area contributed by atoms with Crippen LogP contribution in [0.1, 0.15) is 26.7 Å². The standard InChI is InChI=1S/C5H13NO2S/c1-3-4-5(2)6-9(7)8/h5-6H,3-4H2,1-2H3,(H,7,8)/p-1. The molecule has 0 aromatic heterocycles. The molecule has 0 aliphatic heterocycles. The van der Waals surface area contributed by atoms with Crippen LogP contribution in [0.4, 0.5) is 0 Å². The molecule has 3 nitrogen and oxygen atoms in total. The van der Waals surface area contributed by atoms with Gasteiger partial charge in [0, 0.05) is 17.3 Å². The van der Waals surface area contributed by atoms with Crippen LogP contribution in [0.15, 0.2) is 0 Å². The van der Waals surface area contributed by atoms with E-state index in [1.807, 2.05) is 13.8 Å². The molecule has 0 bridgehead atoms. The highest BCUT2D eigenvalue weighted by molar-refractivity contribution is 7.77. The summed E-state index contributed by atoms with van der Waals surface area (Å²) in [7, 11) is 0. The van der Waals surface area contributed by atoms with Crippen LogP contribution in [0, 0.1) is 0 Å². The Morgan fingerprint density at radius 1 is 1.78 bits per heavy atom. The molecule has 4 heteroatoms. The van der Waals surface area contributed by atoms with Gasteiger partial charge in [-0.2, -0.15) is 0 Å². The van der Waals surface area contributed by atoms with E-state index in [2.05, 4.69) is 4.72 Å². The topological polar surface area (TPSA) is 52.2 Å². The van der Waals surface area contributed by atoms with Gasteiger partial charge < -0.3 is 4.55 Å². The first kappa shape index (κ1) is 9.07. The quantitative estimate of drug-likeness (QED) is 0.595. The molecule has 0 aromatic carbocycles. The molecule has 0 heterocycles. The Morgan fingerprint density at radius 3 is 2.67 bits per heavy atom. The maximum atomic E-state index is 9.97. The van der Waals surface area contributed by atoms with E-state index in [4.69, 9.17) is 0 Å². The molecular weight excluding hydrogens is 138 g/mol. The van der Waals surface area contributed by atoms with Crippen LogP contribution >= 0.6 is 0 Å². The summed E-state index contributed by atoms with van der Waals surface area (Å²) in [6.45, 7) is 3.87. The smallest absolute Gasteiger partial charge is 0.0183 e. The van der Waals surface area contributed by atoms with Crippen molar-refractivity contribution < 1.29 is 8.76 Å². The Hall–Kier alpha value is 0.0700. The van der Waals surface area contributed by atoms with E-state index in [0.717, 1.165) is 12.8 Å². The highest BCUT2D eigenvalue weighted by atomic mass is 32.2. The van der Waals surface area contributed by atoms with Crippen molar-refractivity contribution in [2.45, 2.75) is 32.7 Å².